The van der Waals surface area contributed by atoms with Crippen LogP contribution in [0.4, 0.5) is 0 Å². The summed E-state index contributed by atoms with van der Waals surface area (Å²) in [4.78, 5) is 15.7. The molecule has 0 saturated heterocycles. The molecule has 0 fully saturated rings. The second-order valence-electron chi connectivity index (χ2n) is 4.57. The number of aromatic nitrogens is 3. The Bertz CT molecular complexity index is 649. The monoisotopic (exact) mass is 362 g/mol. The molecule has 1 unspecified atom stereocenters. The topological polar surface area (TPSA) is 69.0 Å². The number of hydrogen-bond acceptors (Lipinski definition) is 4. The molecule has 1 aromatic heterocycles. The average Bonchev–Trinajstić information content (AvgIpc) is 2.94. The summed E-state index contributed by atoms with van der Waals surface area (Å²) >= 11 is 17.7. The molecule has 0 radical (unpaired) electrons. The molecule has 1 aromatic carbocycles. The Kier molecular flexibility index (Phi) is 5.88. The standard InChI is InChI=1S/C13H13Cl3N4O2/c1-8(4-20-7-17-6-18-20)19-13(21)5-22-12-3-10(15)9(14)2-11(12)16/h2-3,6-8H,4-5H2,1H3,(H,19,21). The van der Waals surface area contributed by atoms with Gasteiger partial charge < -0.3 is 10.1 Å². The van der Waals surface area contributed by atoms with Crippen LogP contribution in [0.2, 0.25) is 15.1 Å². The minimum absolute atomic E-state index is 0.123. The van der Waals surface area contributed by atoms with Crippen molar-refractivity contribution in [2.45, 2.75) is 19.5 Å². The van der Waals surface area contributed by atoms with E-state index in [1.165, 1.54) is 18.5 Å². The fraction of sp³-hybridized carbons (Fsp3) is 0.308. The van der Waals surface area contributed by atoms with Gasteiger partial charge in [-0.2, -0.15) is 5.10 Å². The van der Waals surface area contributed by atoms with E-state index in [2.05, 4.69) is 15.4 Å². The molecule has 1 N–H and O–H groups in total. The first-order valence-electron chi connectivity index (χ1n) is 6.35. The molecule has 0 bridgehead atoms. The first kappa shape index (κ1) is 16.9. The maximum atomic E-state index is 11.8. The van der Waals surface area contributed by atoms with E-state index in [0.29, 0.717) is 22.3 Å². The average molecular weight is 364 g/mol. The largest absolute Gasteiger partial charge is 0.482 e. The molecule has 0 saturated carbocycles. The van der Waals surface area contributed by atoms with Crippen LogP contribution in [-0.4, -0.2) is 33.3 Å². The molecule has 0 aliphatic heterocycles. The first-order valence-corrected chi connectivity index (χ1v) is 7.48. The lowest BCUT2D eigenvalue weighted by molar-refractivity contribution is -0.123. The van der Waals surface area contributed by atoms with E-state index in [1.807, 2.05) is 6.92 Å². The Morgan fingerprint density at radius 2 is 2.05 bits per heavy atom. The number of rotatable bonds is 6. The quantitative estimate of drug-likeness (QED) is 0.801. The van der Waals surface area contributed by atoms with Gasteiger partial charge in [0.25, 0.3) is 5.91 Å². The van der Waals surface area contributed by atoms with Gasteiger partial charge in [0, 0.05) is 12.1 Å². The predicted molar refractivity (Wildman–Crippen MR) is 84.6 cm³/mol. The molecule has 1 atom stereocenters. The zero-order valence-electron chi connectivity index (χ0n) is 11.6. The van der Waals surface area contributed by atoms with Crippen LogP contribution in [0.1, 0.15) is 6.92 Å². The summed E-state index contributed by atoms with van der Waals surface area (Å²) in [6.45, 7) is 2.18. The lowest BCUT2D eigenvalue weighted by atomic mass is 10.3. The lowest BCUT2D eigenvalue weighted by Crippen LogP contribution is -2.38. The van der Waals surface area contributed by atoms with Gasteiger partial charge in [-0.05, 0) is 13.0 Å². The van der Waals surface area contributed by atoms with Crippen LogP contribution >= 0.6 is 34.8 Å². The highest BCUT2D eigenvalue weighted by atomic mass is 35.5. The maximum absolute atomic E-state index is 11.8. The van der Waals surface area contributed by atoms with Crippen molar-refractivity contribution < 1.29 is 9.53 Å². The van der Waals surface area contributed by atoms with Crippen LogP contribution in [0.5, 0.6) is 5.75 Å². The molecule has 2 aromatic rings. The minimum Gasteiger partial charge on any atom is -0.482 e. The van der Waals surface area contributed by atoms with Crippen molar-refractivity contribution in [3.05, 3.63) is 39.9 Å². The van der Waals surface area contributed by atoms with Crippen LogP contribution in [0.15, 0.2) is 24.8 Å². The number of carbonyl (C=O) groups is 1. The summed E-state index contributed by atoms with van der Waals surface area (Å²) in [6, 6.07) is 2.81. The van der Waals surface area contributed by atoms with E-state index in [1.54, 1.807) is 11.0 Å². The molecule has 22 heavy (non-hydrogen) atoms. The van der Waals surface area contributed by atoms with E-state index >= 15 is 0 Å². The molecule has 2 rings (SSSR count). The highest BCUT2D eigenvalue weighted by Crippen LogP contribution is 2.33. The zero-order valence-corrected chi connectivity index (χ0v) is 13.9. The van der Waals surface area contributed by atoms with Crippen molar-refractivity contribution in [2.24, 2.45) is 0 Å². The summed E-state index contributed by atoms with van der Waals surface area (Å²) in [7, 11) is 0. The number of halogens is 3. The Balaban J connectivity index is 1.84. The third-order valence-corrected chi connectivity index (χ3v) is 3.69. The van der Waals surface area contributed by atoms with Crippen LogP contribution in [0.3, 0.4) is 0 Å². The Morgan fingerprint density at radius 3 is 2.73 bits per heavy atom. The van der Waals surface area contributed by atoms with E-state index in [0.717, 1.165) is 0 Å². The molecular formula is C13H13Cl3N4O2. The van der Waals surface area contributed by atoms with Crippen molar-refractivity contribution in [2.75, 3.05) is 6.61 Å². The number of nitrogens with one attached hydrogen (secondary N) is 1. The molecule has 0 spiro atoms. The number of amides is 1. The zero-order chi connectivity index (χ0) is 16.1. The van der Waals surface area contributed by atoms with E-state index in [4.69, 9.17) is 39.5 Å². The Labute approximate surface area is 142 Å². The first-order chi connectivity index (χ1) is 10.5. The number of nitrogens with zero attached hydrogens (tertiary/aromatic N) is 3. The molecular weight excluding hydrogens is 351 g/mol. The van der Waals surface area contributed by atoms with Crippen LogP contribution < -0.4 is 10.1 Å². The van der Waals surface area contributed by atoms with Crippen LogP contribution in [0.25, 0.3) is 0 Å². The second-order valence-corrected chi connectivity index (χ2v) is 5.79. The lowest BCUT2D eigenvalue weighted by Gasteiger charge is -2.14. The molecule has 0 aliphatic rings. The van der Waals surface area contributed by atoms with Gasteiger partial charge in [-0.15, -0.1) is 0 Å². The fourth-order valence-electron chi connectivity index (χ4n) is 1.73. The summed E-state index contributed by atoms with van der Waals surface area (Å²) in [5, 5.41) is 7.66. The molecule has 1 amide bonds. The normalized spacial score (nSPS) is 12.0. The number of ether oxygens (including phenoxy) is 1. The Hall–Kier alpha value is -1.50. The van der Waals surface area contributed by atoms with Gasteiger partial charge in [0.05, 0.1) is 21.6 Å². The van der Waals surface area contributed by atoms with Gasteiger partial charge >= 0.3 is 0 Å². The summed E-state index contributed by atoms with van der Waals surface area (Å²) in [6.07, 6.45) is 3.01. The molecule has 0 aliphatic carbocycles. The van der Waals surface area contributed by atoms with Gasteiger partial charge in [-0.3, -0.25) is 9.48 Å². The highest BCUT2D eigenvalue weighted by Gasteiger charge is 2.12. The van der Waals surface area contributed by atoms with E-state index in [9.17, 15) is 4.79 Å². The number of benzene rings is 1. The smallest absolute Gasteiger partial charge is 0.258 e. The SMILES string of the molecule is CC(Cn1cncn1)NC(=O)COc1cc(Cl)c(Cl)cc1Cl. The Morgan fingerprint density at radius 1 is 1.32 bits per heavy atom. The molecule has 118 valence electrons. The predicted octanol–water partition coefficient (Wildman–Crippen LogP) is 2.82. The van der Waals surface area contributed by atoms with Crippen LogP contribution in [-0.2, 0) is 11.3 Å². The van der Waals surface area contributed by atoms with E-state index < -0.39 is 0 Å². The van der Waals surface area contributed by atoms with Gasteiger partial charge in [-0.25, -0.2) is 4.98 Å². The molecule has 1 heterocycles. The third-order valence-electron chi connectivity index (χ3n) is 2.67. The number of carbonyl (C=O) groups excluding carboxylic acids is 1. The van der Waals surface area contributed by atoms with Gasteiger partial charge in [0.15, 0.2) is 6.61 Å². The van der Waals surface area contributed by atoms with Gasteiger partial charge in [0.2, 0.25) is 0 Å². The van der Waals surface area contributed by atoms with Crippen molar-refractivity contribution in [1.82, 2.24) is 20.1 Å². The van der Waals surface area contributed by atoms with Crippen molar-refractivity contribution in [3.8, 4) is 5.75 Å². The number of hydrogen-bond donors (Lipinski definition) is 1. The summed E-state index contributed by atoms with van der Waals surface area (Å²) < 4.78 is 6.98. The third kappa shape index (κ3) is 4.76. The molecule has 6 nitrogen and oxygen atoms in total. The van der Waals surface area contributed by atoms with Crippen molar-refractivity contribution in [3.63, 3.8) is 0 Å². The maximum Gasteiger partial charge on any atom is 0.258 e. The second kappa shape index (κ2) is 7.67. The van der Waals surface area contributed by atoms with Crippen LogP contribution in [0, 0.1) is 0 Å². The molecule has 9 heteroatoms. The van der Waals surface area contributed by atoms with Gasteiger partial charge in [-0.1, -0.05) is 34.8 Å². The van der Waals surface area contributed by atoms with Crippen molar-refractivity contribution in [1.29, 1.82) is 0 Å². The minimum atomic E-state index is -0.283. The highest BCUT2D eigenvalue weighted by molar-refractivity contribution is 6.43. The summed E-state index contributed by atoms with van der Waals surface area (Å²) in [5.74, 6) is 0.0184. The van der Waals surface area contributed by atoms with Gasteiger partial charge in [0.1, 0.15) is 18.4 Å². The van der Waals surface area contributed by atoms with E-state index in [-0.39, 0.29) is 23.6 Å². The summed E-state index contributed by atoms with van der Waals surface area (Å²) in [5.41, 5.74) is 0. The van der Waals surface area contributed by atoms with Crippen molar-refractivity contribution >= 4 is 40.7 Å². The fourth-order valence-corrected chi connectivity index (χ4v) is 2.32.